The number of hydrogen-bond donors (Lipinski definition) is 1. The number of rotatable bonds is 3. The second kappa shape index (κ2) is 6.12. The van der Waals surface area contributed by atoms with E-state index in [0.29, 0.717) is 15.9 Å². The van der Waals surface area contributed by atoms with Crippen LogP contribution in [0.5, 0.6) is 0 Å². The Balaban J connectivity index is 1.91. The molecule has 0 fully saturated rings. The maximum Gasteiger partial charge on any atom is 0.453 e. The van der Waals surface area contributed by atoms with Gasteiger partial charge >= 0.3 is 12.1 Å². The molecule has 0 aliphatic rings. The van der Waals surface area contributed by atoms with Crippen LogP contribution in [0.3, 0.4) is 0 Å². The van der Waals surface area contributed by atoms with Crippen molar-refractivity contribution >= 4 is 33.9 Å². The fourth-order valence-electron chi connectivity index (χ4n) is 1.94. The highest BCUT2D eigenvalue weighted by Crippen LogP contribution is 2.29. The summed E-state index contributed by atoms with van der Waals surface area (Å²) in [6.07, 6.45) is -4.75. The van der Waals surface area contributed by atoms with Gasteiger partial charge in [-0.1, -0.05) is 23.5 Å². The van der Waals surface area contributed by atoms with Gasteiger partial charge in [0.05, 0.1) is 18.4 Å². The first-order valence-corrected chi connectivity index (χ1v) is 7.41. The predicted molar refractivity (Wildman–Crippen MR) is 79.4 cm³/mol. The zero-order valence-electron chi connectivity index (χ0n) is 12.4. The highest BCUT2D eigenvalue weighted by Gasteiger charge is 2.38. The molecule has 2 heterocycles. The van der Waals surface area contributed by atoms with Crippen LogP contribution in [-0.2, 0) is 10.9 Å². The summed E-state index contributed by atoms with van der Waals surface area (Å²) in [5.41, 5.74) is 0.235. The summed E-state index contributed by atoms with van der Waals surface area (Å²) in [6, 6.07) is 6.02. The molecule has 1 amide bonds. The van der Waals surface area contributed by atoms with Crippen LogP contribution in [0.4, 0.5) is 18.9 Å². The van der Waals surface area contributed by atoms with Crippen LogP contribution < -0.4 is 5.32 Å². The molecule has 1 aromatic carbocycles. The van der Waals surface area contributed by atoms with Gasteiger partial charge in [0.25, 0.3) is 11.7 Å². The van der Waals surface area contributed by atoms with Gasteiger partial charge in [0, 0.05) is 0 Å². The van der Waals surface area contributed by atoms with Crippen LogP contribution in [0, 0.1) is 0 Å². The molecule has 3 rings (SSSR count). The van der Waals surface area contributed by atoms with E-state index in [1.165, 1.54) is 19.2 Å². The van der Waals surface area contributed by atoms with Crippen molar-refractivity contribution in [1.82, 2.24) is 19.8 Å². The van der Waals surface area contributed by atoms with Gasteiger partial charge in [-0.2, -0.15) is 17.7 Å². The maximum atomic E-state index is 12.8. The van der Waals surface area contributed by atoms with Crippen molar-refractivity contribution in [3.63, 3.8) is 0 Å². The molecule has 12 heteroatoms. The molecule has 8 nitrogen and oxygen atoms in total. The van der Waals surface area contributed by atoms with Crippen molar-refractivity contribution < 1.29 is 27.5 Å². The topological polar surface area (TPSA) is 98.5 Å². The Bertz CT molecular complexity index is 965. The Morgan fingerprint density at radius 3 is 2.64 bits per heavy atom. The zero-order valence-corrected chi connectivity index (χ0v) is 13.2. The van der Waals surface area contributed by atoms with Crippen molar-refractivity contribution in [3.05, 3.63) is 40.7 Å². The van der Waals surface area contributed by atoms with E-state index in [9.17, 15) is 22.8 Å². The first-order chi connectivity index (χ1) is 11.8. The Kier molecular flexibility index (Phi) is 4.12. The molecule has 0 spiro atoms. The number of fused-ring (bicyclic) bond motifs is 1. The minimum absolute atomic E-state index is 0.0948. The van der Waals surface area contributed by atoms with E-state index in [-0.39, 0.29) is 21.2 Å². The number of nitrogens with one attached hydrogen (secondary N) is 1. The van der Waals surface area contributed by atoms with Crippen LogP contribution >= 0.6 is 11.3 Å². The van der Waals surface area contributed by atoms with Crippen LogP contribution in [0.1, 0.15) is 26.0 Å². The number of carbonyl (C=O) groups is 2. The molecule has 0 atom stereocenters. The summed E-state index contributed by atoms with van der Waals surface area (Å²) < 4.78 is 43.4. The number of anilines is 1. The third-order valence-electron chi connectivity index (χ3n) is 3.02. The molecule has 25 heavy (non-hydrogen) atoms. The summed E-state index contributed by atoms with van der Waals surface area (Å²) in [5.74, 6) is -2.79. The van der Waals surface area contributed by atoms with E-state index < -0.39 is 23.9 Å². The van der Waals surface area contributed by atoms with Gasteiger partial charge < -0.3 is 10.1 Å². The van der Waals surface area contributed by atoms with Gasteiger partial charge in [-0.15, -0.1) is 15.3 Å². The number of benzene rings is 1. The zero-order chi connectivity index (χ0) is 18.2. The quantitative estimate of drug-likeness (QED) is 0.709. The Labute approximate surface area is 141 Å². The number of carbonyl (C=O) groups excluding carboxylic acids is 2. The number of hydrogen-bond acceptors (Lipinski definition) is 7. The lowest BCUT2D eigenvalue weighted by Gasteiger charge is -2.08. The van der Waals surface area contributed by atoms with Crippen molar-refractivity contribution in [1.29, 1.82) is 0 Å². The Morgan fingerprint density at radius 1 is 1.24 bits per heavy atom. The molecule has 3 aromatic rings. The average molecular weight is 371 g/mol. The molecule has 0 unspecified atom stereocenters. The first kappa shape index (κ1) is 16.8. The predicted octanol–water partition coefficient (Wildman–Crippen LogP) is 2.24. The largest absolute Gasteiger partial charge is 0.465 e. The third-order valence-corrected chi connectivity index (χ3v) is 3.92. The standard InChI is InChI=1S/C13H8F3N5O3S/c1-24-10(23)6-4-2-3-5-7(6)17-8(22)9-20-21-11(13(14,15)16)18-19-12(21)25-9/h2-5H,1H3,(H,17,22). The van der Waals surface area contributed by atoms with Crippen molar-refractivity contribution in [2.45, 2.75) is 6.18 Å². The molecule has 2 aromatic heterocycles. The van der Waals surface area contributed by atoms with E-state index >= 15 is 0 Å². The van der Waals surface area contributed by atoms with Gasteiger partial charge in [0.15, 0.2) is 0 Å². The monoisotopic (exact) mass is 371 g/mol. The fourth-order valence-corrected chi connectivity index (χ4v) is 2.68. The fraction of sp³-hybridized carbons (Fsp3) is 0.154. The molecular formula is C13H8F3N5O3S. The molecule has 0 bridgehead atoms. The van der Waals surface area contributed by atoms with E-state index in [1.54, 1.807) is 12.1 Å². The summed E-state index contributed by atoms with van der Waals surface area (Å²) in [4.78, 5) is 23.7. The summed E-state index contributed by atoms with van der Waals surface area (Å²) in [6.45, 7) is 0. The number of ether oxygens (including phenoxy) is 1. The Morgan fingerprint density at radius 2 is 1.96 bits per heavy atom. The lowest BCUT2D eigenvalue weighted by molar-refractivity contribution is -0.146. The number of amides is 1. The molecule has 1 N–H and O–H groups in total. The summed E-state index contributed by atoms with van der Waals surface area (Å²) >= 11 is 0.632. The summed E-state index contributed by atoms with van der Waals surface area (Å²) in [5, 5.41) is 12.1. The lowest BCUT2D eigenvalue weighted by Crippen LogP contribution is -2.16. The van der Waals surface area contributed by atoms with E-state index in [2.05, 4.69) is 25.3 Å². The number of methoxy groups -OCH3 is 1. The second-order valence-electron chi connectivity index (χ2n) is 4.61. The number of nitrogens with zero attached hydrogens (tertiary/aromatic N) is 4. The maximum absolute atomic E-state index is 12.8. The van der Waals surface area contributed by atoms with Crippen molar-refractivity contribution in [3.8, 4) is 0 Å². The third kappa shape index (κ3) is 3.15. The number of para-hydroxylation sites is 1. The molecule has 130 valence electrons. The smallest absolute Gasteiger partial charge is 0.453 e. The molecular weight excluding hydrogens is 363 g/mol. The highest BCUT2D eigenvalue weighted by molar-refractivity contribution is 7.18. The normalized spacial score (nSPS) is 11.5. The number of alkyl halides is 3. The number of esters is 1. The lowest BCUT2D eigenvalue weighted by atomic mass is 10.2. The van der Waals surface area contributed by atoms with Gasteiger partial charge in [-0.3, -0.25) is 4.79 Å². The molecule has 0 aliphatic heterocycles. The van der Waals surface area contributed by atoms with Crippen LogP contribution in [0.2, 0.25) is 0 Å². The molecule has 0 saturated carbocycles. The Hall–Kier alpha value is -3.02. The van der Waals surface area contributed by atoms with Crippen LogP contribution in [0.15, 0.2) is 24.3 Å². The second-order valence-corrected chi connectivity index (χ2v) is 5.57. The molecule has 0 radical (unpaired) electrons. The van der Waals surface area contributed by atoms with Gasteiger partial charge in [-0.25, -0.2) is 4.79 Å². The van der Waals surface area contributed by atoms with E-state index in [0.717, 1.165) is 0 Å². The number of aromatic nitrogens is 4. The van der Waals surface area contributed by atoms with Crippen LogP contribution in [-0.4, -0.2) is 38.8 Å². The van der Waals surface area contributed by atoms with Gasteiger partial charge in [0.2, 0.25) is 9.97 Å². The molecule has 0 saturated heterocycles. The van der Waals surface area contributed by atoms with Crippen molar-refractivity contribution in [2.24, 2.45) is 0 Å². The van der Waals surface area contributed by atoms with Crippen LogP contribution in [0.25, 0.3) is 4.96 Å². The SMILES string of the molecule is COC(=O)c1ccccc1NC(=O)c1nn2c(C(F)(F)F)nnc2s1. The van der Waals surface area contributed by atoms with Gasteiger partial charge in [0.1, 0.15) is 0 Å². The average Bonchev–Trinajstić information content (AvgIpc) is 3.14. The summed E-state index contributed by atoms with van der Waals surface area (Å²) in [7, 11) is 1.18. The highest BCUT2D eigenvalue weighted by atomic mass is 32.1. The van der Waals surface area contributed by atoms with Gasteiger partial charge in [-0.05, 0) is 12.1 Å². The number of halogens is 3. The minimum atomic E-state index is -4.75. The van der Waals surface area contributed by atoms with E-state index in [1.807, 2.05) is 0 Å². The minimum Gasteiger partial charge on any atom is -0.465 e. The van der Waals surface area contributed by atoms with E-state index in [4.69, 9.17) is 0 Å². The van der Waals surface area contributed by atoms with Crippen molar-refractivity contribution in [2.75, 3.05) is 12.4 Å². The first-order valence-electron chi connectivity index (χ1n) is 6.59. The molecule has 0 aliphatic carbocycles.